The summed E-state index contributed by atoms with van der Waals surface area (Å²) in [6.45, 7) is 7.91. The molecule has 22 heteroatoms. The molecule has 5 atom stereocenters. The molecule has 0 unspecified atom stereocenters. The molecule has 70 heavy (non-hydrogen) atoms. The van der Waals surface area contributed by atoms with E-state index in [2.05, 4.69) is 31.9 Å². The summed E-state index contributed by atoms with van der Waals surface area (Å²) in [4.78, 5) is 119. The van der Waals surface area contributed by atoms with E-state index >= 15 is 4.39 Å². The van der Waals surface area contributed by atoms with Crippen LogP contribution in [0.5, 0.6) is 0 Å². The van der Waals surface area contributed by atoms with Crippen LogP contribution in [0.2, 0.25) is 0 Å². The fourth-order valence-electron chi connectivity index (χ4n) is 7.75. The zero-order valence-corrected chi connectivity index (χ0v) is 40.0. The number of nitrogens with one attached hydrogen (secondary N) is 6. The Hall–Kier alpha value is -7.49. The Morgan fingerprint density at radius 2 is 1.47 bits per heavy atom. The topological polar surface area (TPSA) is 283 Å². The lowest BCUT2D eigenvalue weighted by Gasteiger charge is -2.41. The van der Waals surface area contributed by atoms with Crippen molar-refractivity contribution in [1.82, 2.24) is 46.3 Å². The van der Waals surface area contributed by atoms with Gasteiger partial charge >= 0.3 is 0 Å². The molecule has 1 aliphatic heterocycles. The van der Waals surface area contributed by atoms with Crippen molar-refractivity contribution in [2.45, 2.75) is 91.1 Å². The number of benzene rings is 2. The molecule has 0 aliphatic carbocycles. The molecule has 3 aromatic rings. The highest BCUT2D eigenvalue weighted by molar-refractivity contribution is 5.97. The summed E-state index contributed by atoms with van der Waals surface area (Å²) in [5, 5.41) is 25.3. The van der Waals surface area contributed by atoms with E-state index < -0.39 is 108 Å². The lowest BCUT2D eigenvalue weighted by molar-refractivity contribution is -0.140. The molecule has 2 heterocycles. The number of aliphatic hydroxyl groups excluding tert-OH is 1. The van der Waals surface area contributed by atoms with Crippen LogP contribution in [0.15, 0.2) is 72.9 Å². The van der Waals surface area contributed by atoms with E-state index in [4.69, 9.17) is 5.73 Å². The minimum absolute atomic E-state index is 0.0492. The quantitative estimate of drug-likeness (QED) is 0.0568. The van der Waals surface area contributed by atoms with Gasteiger partial charge in [0.2, 0.25) is 53.2 Å². The summed E-state index contributed by atoms with van der Waals surface area (Å²) in [6.07, 6.45) is 3.44. The lowest BCUT2D eigenvalue weighted by atomic mass is 9.82. The van der Waals surface area contributed by atoms with Gasteiger partial charge in [-0.05, 0) is 55.5 Å². The van der Waals surface area contributed by atoms with Crippen molar-refractivity contribution in [2.24, 2.45) is 11.1 Å². The van der Waals surface area contributed by atoms with Crippen molar-refractivity contribution in [3.8, 4) is 11.1 Å². The molecule has 0 spiro atoms. The Balaban J connectivity index is 1.68. The highest BCUT2D eigenvalue weighted by Gasteiger charge is 2.38. The fraction of sp³-hybridized carbons (Fsp3) is 0.438. The standard InChI is InChI=1S/C48H62F2N10O10/c1-28(54-30(3)62)44(67)55-29(2)45(68)57-37(23-39(51)63)47(70)56-36(46(69)53-18-17-52-40(64)26-58-19-10-13-41(58)65)16-20-60(42(66)27-61)43(48(4,5)6)38-21-32(34-22-33(49)14-15-35(34)50)25-59(38)24-31-11-8-7-9-12-31/h7-15,21-22,25,28-29,36-37,43,61H,16-20,23-24,26-27H2,1-6H3,(H2,51,63)(H,52,64)(H,53,69)(H,54,62)(H,55,67)(H,56,70)(H,57,68)/t28-,29-,36-,37-,43-/m0/s1. The summed E-state index contributed by atoms with van der Waals surface area (Å²) in [7, 11) is 0. The number of hydrogen-bond donors (Lipinski definition) is 8. The number of aliphatic hydroxyl groups is 1. The molecule has 0 saturated carbocycles. The number of nitrogens with two attached hydrogens (primary N) is 1. The van der Waals surface area contributed by atoms with Crippen molar-refractivity contribution < 1.29 is 57.0 Å². The number of carbonyl (C=O) groups excluding carboxylic acids is 9. The summed E-state index contributed by atoms with van der Waals surface area (Å²) in [6, 6.07) is 7.33. The van der Waals surface area contributed by atoms with E-state index in [1.165, 1.54) is 36.6 Å². The van der Waals surface area contributed by atoms with Crippen LogP contribution < -0.4 is 37.6 Å². The summed E-state index contributed by atoms with van der Waals surface area (Å²) < 4.78 is 31.7. The Labute approximate surface area is 404 Å². The molecule has 9 amide bonds. The highest BCUT2D eigenvalue weighted by atomic mass is 19.1. The molecule has 9 N–H and O–H groups in total. The molecule has 1 aromatic heterocycles. The fourth-order valence-corrected chi connectivity index (χ4v) is 7.75. The van der Waals surface area contributed by atoms with Gasteiger partial charge in [-0.3, -0.25) is 43.2 Å². The van der Waals surface area contributed by atoms with Crippen LogP contribution in [-0.2, 0) is 49.7 Å². The average molecular weight is 977 g/mol. The Morgan fingerprint density at radius 1 is 0.829 bits per heavy atom. The predicted octanol–water partition coefficient (Wildman–Crippen LogP) is 0.285. The normalized spacial score (nSPS) is 14.4. The molecule has 2 aromatic carbocycles. The van der Waals surface area contributed by atoms with Gasteiger partial charge in [0.15, 0.2) is 0 Å². The smallest absolute Gasteiger partial charge is 0.248 e. The van der Waals surface area contributed by atoms with Gasteiger partial charge < -0.3 is 57.1 Å². The maximum atomic E-state index is 15.3. The maximum Gasteiger partial charge on any atom is 0.248 e. The van der Waals surface area contributed by atoms with Gasteiger partial charge in [0.05, 0.1) is 12.5 Å². The van der Waals surface area contributed by atoms with Gasteiger partial charge in [-0.2, -0.15) is 0 Å². The third-order valence-electron chi connectivity index (χ3n) is 11.1. The van der Waals surface area contributed by atoms with Gasteiger partial charge in [0, 0.05) is 68.7 Å². The van der Waals surface area contributed by atoms with Crippen LogP contribution in [0.4, 0.5) is 8.78 Å². The van der Waals surface area contributed by atoms with Crippen molar-refractivity contribution in [2.75, 3.05) is 39.3 Å². The molecule has 378 valence electrons. The predicted molar refractivity (Wildman–Crippen MR) is 251 cm³/mol. The second-order valence-corrected chi connectivity index (χ2v) is 17.9. The van der Waals surface area contributed by atoms with Crippen LogP contribution in [0.3, 0.4) is 0 Å². The second-order valence-electron chi connectivity index (χ2n) is 17.9. The van der Waals surface area contributed by atoms with Crippen LogP contribution in [0, 0.1) is 17.0 Å². The number of carbonyl (C=O) groups is 9. The highest BCUT2D eigenvalue weighted by Crippen LogP contribution is 2.41. The van der Waals surface area contributed by atoms with Crippen molar-refractivity contribution in [3.05, 3.63) is 95.8 Å². The Bertz CT molecular complexity index is 2440. The van der Waals surface area contributed by atoms with E-state index in [0.29, 0.717) is 5.69 Å². The zero-order chi connectivity index (χ0) is 51.9. The van der Waals surface area contributed by atoms with Gasteiger partial charge in [0.25, 0.3) is 0 Å². The molecule has 0 fully saturated rings. The average Bonchev–Trinajstić information content (AvgIpc) is 3.89. The third kappa shape index (κ3) is 16.1. The first-order valence-corrected chi connectivity index (χ1v) is 22.5. The summed E-state index contributed by atoms with van der Waals surface area (Å²) in [5.74, 6) is -8.13. The van der Waals surface area contributed by atoms with Crippen molar-refractivity contribution in [3.63, 3.8) is 0 Å². The summed E-state index contributed by atoms with van der Waals surface area (Å²) in [5.41, 5.74) is 6.10. The van der Waals surface area contributed by atoms with Crippen molar-refractivity contribution in [1.29, 1.82) is 0 Å². The van der Waals surface area contributed by atoms with Gasteiger partial charge in [-0.15, -0.1) is 0 Å². The molecular weight excluding hydrogens is 915 g/mol. The third-order valence-corrected chi connectivity index (χ3v) is 11.1. The van der Waals surface area contributed by atoms with E-state index in [0.717, 1.165) is 23.8 Å². The van der Waals surface area contributed by atoms with Gasteiger partial charge in [-0.25, -0.2) is 8.78 Å². The van der Waals surface area contributed by atoms with Crippen LogP contribution in [-0.4, -0.2) is 136 Å². The molecule has 0 saturated heterocycles. The molecular formula is C48H62F2N10O10. The first kappa shape index (κ1) is 55.1. The number of hydrogen-bond acceptors (Lipinski definition) is 10. The monoisotopic (exact) mass is 976 g/mol. The van der Waals surface area contributed by atoms with E-state index in [9.17, 15) is 52.6 Å². The van der Waals surface area contributed by atoms with E-state index in [-0.39, 0.29) is 62.7 Å². The molecule has 1 aliphatic rings. The molecule has 0 radical (unpaired) electrons. The zero-order valence-electron chi connectivity index (χ0n) is 40.0. The minimum atomic E-state index is -1.70. The second kappa shape index (κ2) is 25.2. The van der Waals surface area contributed by atoms with Gasteiger partial charge in [0.1, 0.15) is 49.0 Å². The first-order valence-electron chi connectivity index (χ1n) is 22.5. The first-order chi connectivity index (χ1) is 33.0. The van der Waals surface area contributed by atoms with Gasteiger partial charge in [-0.1, -0.05) is 57.2 Å². The number of aromatic nitrogens is 1. The number of rotatable bonds is 24. The maximum absolute atomic E-state index is 15.3. The minimum Gasteiger partial charge on any atom is -0.387 e. The lowest BCUT2D eigenvalue weighted by Crippen LogP contribution is -2.58. The molecule has 20 nitrogen and oxygen atoms in total. The summed E-state index contributed by atoms with van der Waals surface area (Å²) >= 11 is 0. The number of nitrogens with zero attached hydrogens (tertiary/aromatic N) is 3. The van der Waals surface area contributed by atoms with E-state index in [1.54, 1.807) is 22.9 Å². The van der Waals surface area contributed by atoms with Crippen molar-refractivity contribution >= 4 is 53.2 Å². The molecule has 4 rings (SSSR count). The SMILES string of the molecule is CC(=O)N[C@@H](C)C(=O)N[C@@H](C)C(=O)N[C@@H](CC(N)=O)C(=O)N[C@@H](CCN(C(=O)CO)[C@@H](c1cc(-c2cc(F)ccc2F)cn1Cc1ccccc1)C(C)(C)C)C(=O)NCCNC(=O)CN1CC=CC1=O. The molecule has 0 bridgehead atoms. The van der Waals surface area contributed by atoms with E-state index in [1.807, 2.05) is 51.1 Å². The largest absolute Gasteiger partial charge is 0.387 e. The number of primary amides is 1. The number of amides is 9. The Kier molecular flexibility index (Phi) is 19.9. The van der Waals surface area contributed by atoms with Crippen LogP contribution >= 0.6 is 0 Å². The number of halogens is 2. The van der Waals surface area contributed by atoms with Crippen LogP contribution in [0.25, 0.3) is 11.1 Å². The van der Waals surface area contributed by atoms with Crippen LogP contribution in [0.1, 0.15) is 71.7 Å². The Morgan fingerprint density at radius 3 is 2.09 bits per heavy atom.